The van der Waals surface area contributed by atoms with Gasteiger partial charge in [-0.25, -0.2) is 4.98 Å². The molecule has 1 aliphatic carbocycles. The van der Waals surface area contributed by atoms with Gasteiger partial charge in [-0.15, -0.1) is 0 Å². The number of rotatable bonds is 4. The van der Waals surface area contributed by atoms with Crippen LogP contribution in [0.3, 0.4) is 0 Å². The molecule has 2 aromatic rings. The number of anilines is 1. The molecule has 1 aliphatic rings. The molecule has 0 bridgehead atoms. The second-order valence-corrected chi connectivity index (χ2v) is 4.54. The van der Waals surface area contributed by atoms with Crippen molar-refractivity contribution in [3.8, 4) is 5.88 Å². The van der Waals surface area contributed by atoms with Crippen LogP contribution < -0.4 is 10.5 Å². The second kappa shape index (κ2) is 4.33. The summed E-state index contributed by atoms with van der Waals surface area (Å²) in [5.74, 6) is 3.08. The standard InChI is InChI=1S/C13H15N3O2/c1-8-11(14)15-12(9-4-5-9)16-13(8)18-7-10-3-2-6-17-10/h2-3,6,9H,4-5,7H2,1H3,(H2,14,15,16). The number of hydrogen-bond donors (Lipinski definition) is 1. The van der Waals surface area contributed by atoms with E-state index in [1.807, 2.05) is 19.1 Å². The molecule has 0 atom stereocenters. The molecule has 18 heavy (non-hydrogen) atoms. The van der Waals surface area contributed by atoms with Gasteiger partial charge in [0.2, 0.25) is 5.88 Å². The smallest absolute Gasteiger partial charge is 0.222 e. The molecule has 0 saturated heterocycles. The fourth-order valence-corrected chi connectivity index (χ4v) is 1.73. The van der Waals surface area contributed by atoms with Crippen molar-refractivity contribution in [3.05, 3.63) is 35.5 Å². The second-order valence-electron chi connectivity index (χ2n) is 4.54. The molecule has 0 unspecified atom stereocenters. The minimum Gasteiger partial charge on any atom is -0.469 e. The summed E-state index contributed by atoms with van der Waals surface area (Å²) in [7, 11) is 0. The highest BCUT2D eigenvalue weighted by Crippen LogP contribution is 2.39. The fourth-order valence-electron chi connectivity index (χ4n) is 1.73. The van der Waals surface area contributed by atoms with Crippen LogP contribution >= 0.6 is 0 Å². The van der Waals surface area contributed by atoms with E-state index in [0.717, 1.165) is 30.0 Å². The number of hydrogen-bond acceptors (Lipinski definition) is 5. The highest BCUT2D eigenvalue weighted by atomic mass is 16.5. The quantitative estimate of drug-likeness (QED) is 0.895. The summed E-state index contributed by atoms with van der Waals surface area (Å²) < 4.78 is 10.9. The molecular formula is C13H15N3O2. The molecule has 0 spiro atoms. The van der Waals surface area contributed by atoms with E-state index in [2.05, 4.69) is 9.97 Å². The molecule has 5 heteroatoms. The Morgan fingerprint density at radius 1 is 1.44 bits per heavy atom. The lowest BCUT2D eigenvalue weighted by molar-refractivity contribution is 0.257. The Hall–Kier alpha value is -2.04. The largest absolute Gasteiger partial charge is 0.469 e. The fraction of sp³-hybridized carbons (Fsp3) is 0.385. The first-order valence-electron chi connectivity index (χ1n) is 6.03. The Balaban J connectivity index is 1.81. The monoisotopic (exact) mass is 245 g/mol. The normalized spacial score (nSPS) is 14.7. The molecule has 0 aromatic carbocycles. The average Bonchev–Trinajstić information content (AvgIpc) is 3.08. The minimum absolute atomic E-state index is 0.356. The third kappa shape index (κ3) is 2.16. The Labute approximate surface area is 105 Å². The van der Waals surface area contributed by atoms with E-state index >= 15 is 0 Å². The molecule has 94 valence electrons. The first kappa shape index (κ1) is 11.1. The van der Waals surface area contributed by atoms with Gasteiger partial charge in [0.05, 0.1) is 11.8 Å². The molecule has 2 heterocycles. The van der Waals surface area contributed by atoms with E-state index in [0.29, 0.717) is 24.2 Å². The molecule has 3 rings (SSSR count). The topological polar surface area (TPSA) is 74.2 Å². The lowest BCUT2D eigenvalue weighted by Crippen LogP contribution is -2.06. The maximum atomic E-state index is 5.88. The molecule has 0 aliphatic heterocycles. The summed E-state index contributed by atoms with van der Waals surface area (Å²) in [4.78, 5) is 8.74. The van der Waals surface area contributed by atoms with Gasteiger partial charge in [0.25, 0.3) is 0 Å². The molecule has 0 radical (unpaired) electrons. The van der Waals surface area contributed by atoms with E-state index in [1.165, 1.54) is 0 Å². The number of furan rings is 1. The van der Waals surface area contributed by atoms with Gasteiger partial charge >= 0.3 is 0 Å². The first-order chi connectivity index (χ1) is 8.74. The predicted octanol–water partition coefficient (Wildman–Crippen LogP) is 2.42. The highest BCUT2D eigenvalue weighted by Gasteiger charge is 2.28. The van der Waals surface area contributed by atoms with E-state index in [-0.39, 0.29) is 0 Å². The van der Waals surface area contributed by atoms with Gasteiger partial charge in [-0.2, -0.15) is 4.98 Å². The number of nitrogen functional groups attached to an aromatic ring is 1. The van der Waals surface area contributed by atoms with Gasteiger partial charge in [0, 0.05) is 5.92 Å². The van der Waals surface area contributed by atoms with Crippen LogP contribution in [0.15, 0.2) is 22.8 Å². The minimum atomic E-state index is 0.356. The van der Waals surface area contributed by atoms with Crippen LogP contribution in [0.5, 0.6) is 5.88 Å². The Kier molecular flexibility index (Phi) is 2.66. The lowest BCUT2D eigenvalue weighted by Gasteiger charge is -2.10. The van der Waals surface area contributed by atoms with E-state index in [4.69, 9.17) is 14.9 Å². The van der Waals surface area contributed by atoms with Crippen LogP contribution in [0.4, 0.5) is 5.82 Å². The van der Waals surface area contributed by atoms with Crippen molar-refractivity contribution in [1.82, 2.24) is 9.97 Å². The van der Waals surface area contributed by atoms with Crippen molar-refractivity contribution < 1.29 is 9.15 Å². The van der Waals surface area contributed by atoms with Gasteiger partial charge in [-0.05, 0) is 31.9 Å². The Morgan fingerprint density at radius 3 is 2.94 bits per heavy atom. The predicted molar refractivity (Wildman–Crippen MR) is 66.2 cm³/mol. The number of nitrogens with zero attached hydrogens (tertiary/aromatic N) is 2. The summed E-state index contributed by atoms with van der Waals surface area (Å²) in [6, 6.07) is 3.69. The Morgan fingerprint density at radius 2 is 2.28 bits per heavy atom. The van der Waals surface area contributed by atoms with E-state index in [9.17, 15) is 0 Å². The maximum absolute atomic E-state index is 5.88. The van der Waals surface area contributed by atoms with Crippen molar-refractivity contribution in [3.63, 3.8) is 0 Å². The summed E-state index contributed by atoms with van der Waals surface area (Å²) >= 11 is 0. The van der Waals surface area contributed by atoms with Gasteiger partial charge in [0.15, 0.2) is 0 Å². The zero-order chi connectivity index (χ0) is 12.5. The molecule has 5 nitrogen and oxygen atoms in total. The average molecular weight is 245 g/mol. The first-order valence-corrected chi connectivity index (χ1v) is 6.03. The molecule has 1 fully saturated rings. The SMILES string of the molecule is Cc1c(N)nc(C2CC2)nc1OCc1ccco1. The number of nitrogens with two attached hydrogens (primary N) is 1. The zero-order valence-corrected chi connectivity index (χ0v) is 10.2. The molecule has 2 N–H and O–H groups in total. The maximum Gasteiger partial charge on any atom is 0.222 e. The van der Waals surface area contributed by atoms with E-state index in [1.54, 1.807) is 6.26 Å². The van der Waals surface area contributed by atoms with Crippen molar-refractivity contribution >= 4 is 5.82 Å². The van der Waals surface area contributed by atoms with Crippen molar-refractivity contribution in [2.24, 2.45) is 0 Å². The van der Waals surface area contributed by atoms with Crippen LogP contribution in [0.2, 0.25) is 0 Å². The van der Waals surface area contributed by atoms with Gasteiger partial charge < -0.3 is 14.9 Å². The van der Waals surface area contributed by atoms with Crippen molar-refractivity contribution in [2.75, 3.05) is 5.73 Å². The van der Waals surface area contributed by atoms with Crippen LogP contribution in [-0.4, -0.2) is 9.97 Å². The van der Waals surface area contributed by atoms with Gasteiger partial charge in [0.1, 0.15) is 24.0 Å². The van der Waals surface area contributed by atoms with E-state index < -0.39 is 0 Å². The summed E-state index contributed by atoms with van der Waals surface area (Å²) in [6.45, 7) is 2.22. The van der Waals surface area contributed by atoms with Crippen molar-refractivity contribution in [1.29, 1.82) is 0 Å². The molecular weight excluding hydrogens is 230 g/mol. The van der Waals surface area contributed by atoms with Crippen LogP contribution in [-0.2, 0) is 6.61 Å². The highest BCUT2D eigenvalue weighted by molar-refractivity contribution is 5.45. The Bertz CT molecular complexity index is 548. The molecule has 0 amide bonds. The van der Waals surface area contributed by atoms with Crippen LogP contribution in [0.1, 0.15) is 35.9 Å². The van der Waals surface area contributed by atoms with Gasteiger partial charge in [-0.1, -0.05) is 0 Å². The third-order valence-corrected chi connectivity index (χ3v) is 3.03. The number of aromatic nitrogens is 2. The molecule has 1 saturated carbocycles. The number of ether oxygens (including phenoxy) is 1. The van der Waals surface area contributed by atoms with Crippen LogP contribution in [0, 0.1) is 6.92 Å². The zero-order valence-electron chi connectivity index (χ0n) is 10.2. The lowest BCUT2D eigenvalue weighted by atomic mass is 10.3. The third-order valence-electron chi connectivity index (χ3n) is 3.03. The van der Waals surface area contributed by atoms with Crippen molar-refractivity contribution in [2.45, 2.75) is 32.3 Å². The summed E-state index contributed by atoms with van der Waals surface area (Å²) in [6.07, 6.45) is 3.90. The van der Waals surface area contributed by atoms with Crippen LogP contribution in [0.25, 0.3) is 0 Å². The summed E-state index contributed by atoms with van der Waals surface area (Å²) in [5, 5.41) is 0. The summed E-state index contributed by atoms with van der Waals surface area (Å²) in [5.41, 5.74) is 6.66. The molecule has 2 aromatic heterocycles. The van der Waals surface area contributed by atoms with Gasteiger partial charge in [-0.3, -0.25) is 0 Å².